The van der Waals surface area contributed by atoms with Gasteiger partial charge in [0.2, 0.25) is 0 Å². The molecule has 1 N–H and O–H groups in total. The number of amides is 1. The van der Waals surface area contributed by atoms with Crippen LogP contribution in [0.15, 0.2) is 49.1 Å². The number of fused-ring (bicyclic) bond motifs is 1. The third-order valence-electron chi connectivity index (χ3n) is 4.79. The molecule has 0 spiro atoms. The molecule has 1 aliphatic rings. The summed E-state index contributed by atoms with van der Waals surface area (Å²) < 4.78 is 1.83. The minimum absolute atomic E-state index is 0. The Balaban J connectivity index is 0.00000131. The predicted octanol–water partition coefficient (Wildman–Crippen LogP) is 2.92. The summed E-state index contributed by atoms with van der Waals surface area (Å²) in [6.45, 7) is 4.33. The van der Waals surface area contributed by atoms with Crippen molar-refractivity contribution < 1.29 is 4.79 Å². The molecule has 1 fully saturated rings. The van der Waals surface area contributed by atoms with Crippen molar-refractivity contribution in [2.75, 3.05) is 19.6 Å². The van der Waals surface area contributed by atoms with E-state index in [0.717, 1.165) is 25.1 Å². The van der Waals surface area contributed by atoms with E-state index in [0.29, 0.717) is 17.9 Å². The van der Waals surface area contributed by atoms with E-state index in [-0.39, 0.29) is 36.8 Å². The topological polar surface area (TPSA) is 62.5 Å². The van der Waals surface area contributed by atoms with E-state index in [1.807, 2.05) is 15.5 Å². The van der Waals surface area contributed by atoms with Crippen LogP contribution in [0.2, 0.25) is 0 Å². The molecule has 6 nitrogen and oxygen atoms in total. The lowest BCUT2D eigenvalue weighted by Gasteiger charge is -2.36. The second-order valence-electron chi connectivity index (χ2n) is 6.25. The Morgan fingerprint density at radius 1 is 1.15 bits per heavy atom. The first-order valence-electron chi connectivity index (χ1n) is 8.66. The summed E-state index contributed by atoms with van der Waals surface area (Å²) in [4.78, 5) is 23.7. The number of nitrogens with one attached hydrogen (secondary N) is 1. The standard InChI is InChI=1S/C19H21N5O.2ClH/c1-2-14-3-5-15(6-4-14)16-13-20-7-12-24(16)19(25)17-18-22-9-11-23(18)10-8-21-17;;/h3-6,8-11,16,20H,2,7,12-13H2,1H3;2*1H. The normalized spacial score (nSPS) is 16.5. The van der Waals surface area contributed by atoms with Gasteiger partial charge in [-0.3, -0.25) is 4.79 Å². The van der Waals surface area contributed by atoms with Crippen LogP contribution >= 0.6 is 24.8 Å². The Bertz CT molecular complexity index is 897. The first kappa shape index (κ1) is 21.2. The Morgan fingerprint density at radius 2 is 1.85 bits per heavy atom. The quantitative estimate of drug-likeness (QED) is 0.724. The summed E-state index contributed by atoms with van der Waals surface area (Å²) in [6, 6.07) is 8.53. The summed E-state index contributed by atoms with van der Waals surface area (Å²) >= 11 is 0. The molecule has 1 amide bonds. The summed E-state index contributed by atoms with van der Waals surface area (Å²) in [5, 5.41) is 3.40. The average molecular weight is 408 g/mol. The van der Waals surface area contributed by atoms with Crippen LogP contribution in [0.5, 0.6) is 0 Å². The van der Waals surface area contributed by atoms with Crippen molar-refractivity contribution in [3.05, 3.63) is 65.9 Å². The summed E-state index contributed by atoms with van der Waals surface area (Å²) in [5.74, 6) is -0.0668. The van der Waals surface area contributed by atoms with E-state index in [9.17, 15) is 4.79 Å². The van der Waals surface area contributed by atoms with Crippen molar-refractivity contribution >= 4 is 36.4 Å². The molecule has 1 saturated heterocycles. The smallest absolute Gasteiger partial charge is 0.276 e. The minimum Gasteiger partial charge on any atom is -0.328 e. The number of piperazine rings is 1. The Morgan fingerprint density at radius 3 is 2.56 bits per heavy atom. The lowest BCUT2D eigenvalue weighted by molar-refractivity contribution is 0.0629. The van der Waals surface area contributed by atoms with Gasteiger partial charge < -0.3 is 14.6 Å². The number of halogens is 2. The third-order valence-corrected chi connectivity index (χ3v) is 4.79. The highest BCUT2D eigenvalue weighted by molar-refractivity contribution is 5.98. The lowest BCUT2D eigenvalue weighted by atomic mass is 10.0. The molecule has 1 unspecified atom stereocenters. The van der Waals surface area contributed by atoms with Gasteiger partial charge in [0.25, 0.3) is 5.91 Å². The van der Waals surface area contributed by atoms with Gasteiger partial charge >= 0.3 is 0 Å². The second-order valence-corrected chi connectivity index (χ2v) is 6.25. The fourth-order valence-electron chi connectivity index (χ4n) is 3.36. The fraction of sp³-hybridized carbons (Fsp3) is 0.316. The first-order valence-corrected chi connectivity index (χ1v) is 8.66. The van der Waals surface area contributed by atoms with Gasteiger partial charge in [0.1, 0.15) is 0 Å². The SMILES string of the molecule is CCc1ccc(C2CNCCN2C(=O)c2nccn3ccnc23)cc1.Cl.Cl. The minimum atomic E-state index is -0.0668. The van der Waals surface area contributed by atoms with E-state index in [1.54, 1.807) is 18.6 Å². The zero-order valence-corrected chi connectivity index (χ0v) is 16.7. The highest BCUT2D eigenvalue weighted by Gasteiger charge is 2.30. The zero-order valence-electron chi connectivity index (χ0n) is 15.0. The van der Waals surface area contributed by atoms with Gasteiger partial charge in [-0.1, -0.05) is 31.2 Å². The number of imidazole rings is 1. The number of nitrogens with zero attached hydrogens (tertiary/aromatic N) is 4. The maximum atomic E-state index is 13.2. The molecule has 0 saturated carbocycles. The van der Waals surface area contributed by atoms with E-state index >= 15 is 0 Å². The van der Waals surface area contributed by atoms with Crippen LogP contribution in [-0.2, 0) is 6.42 Å². The van der Waals surface area contributed by atoms with Crippen molar-refractivity contribution in [1.29, 1.82) is 0 Å². The van der Waals surface area contributed by atoms with Crippen LogP contribution in [-0.4, -0.2) is 44.8 Å². The molecule has 8 heteroatoms. The molecule has 2 aromatic heterocycles. The maximum absolute atomic E-state index is 13.2. The lowest BCUT2D eigenvalue weighted by Crippen LogP contribution is -2.49. The molecule has 1 atom stereocenters. The largest absolute Gasteiger partial charge is 0.328 e. The number of rotatable bonds is 3. The number of carbonyl (C=O) groups excluding carboxylic acids is 1. The molecule has 0 bridgehead atoms. The van der Waals surface area contributed by atoms with Crippen molar-refractivity contribution in [3.63, 3.8) is 0 Å². The monoisotopic (exact) mass is 407 g/mol. The predicted molar refractivity (Wildman–Crippen MR) is 110 cm³/mol. The molecule has 144 valence electrons. The summed E-state index contributed by atoms with van der Waals surface area (Å²) in [6.07, 6.45) is 7.98. The first-order chi connectivity index (χ1) is 12.3. The molecule has 4 rings (SSSR count). The fourth-order valence-corrected chi connectivity index (χ4v) is 3.36. The third kappa shape index (κ3) is 4.08. The van der Waals surface area contributed by atoms with Gasteiger partial charge in [-0.2, -0.15) is 0 Å². The van der Waals surface area contributed by atoms with Crippen molar-refractivity contribution in [2.24, 2.45) is 0 Å². The van der Waals surface area contributed by atoms with Gasteiger partial charge in [0.05, 0.1) is 6.04 Å². The van der Waals surface area contributed by atoms with E-state index in [4.69, 9.17) is 0 Å². The average Bonchev–Trinajstić information content (AvgIpc) is 3.16. The van der Waals surface area contributed by atoms with E-state index in [2.05, 4.69) is 46.5 Å². The number of carbonyl (C=O) groups is 1. The van der Waals surface area contributed by atoms with Crippen LogP contribution in [0.4, 0.5) is 0 Å². The maximum Gasteiger partial charge on any atom is 0.276 e. The highest BCUT2D eigenvalue weighted by Crippen LogP contribution is 2.25. The summed E-state index contributed by atoms with van der Waals surface area (Å²) in [7, 11) is 0. The zero-order chi connectivity index (χ0) is 17.2. The van der Waals surface area contributed by atoms with Gasteiger partial charge in [-0.05, 0) is 17.5 Å². The second kappa shape index (κ2) is 9.17. The van der Waals surface area contributed by atoms with Gasteiger partial charge in [-0.25, -0.2) is 9.97 Å². The molecule has 1 aliphatic heterocycles. The Kier molecular flexibility index (Phi) is 7.18. The Hall–Kier alpha value is -2.15. The van der Waals surface area contributed by atoms with Gasteiger partial charge in [0.15, 0.2) is 11.3 Å². The van der Waals surface area contributed by atoms with Crippen LogP contribution in [0, 0.1) is 0 Å². The van der Waals surface area contributed by atoms with Crippen molar-refractivity contribution in [3.8, 4) is 0 Å². The van der Waals surface area contributed by atoms with Crippen molar-refractivity contribution in [1.82, 2.24) is 24.6 Å². The van der Waals surface area contributed by atoms with Crippen LogP contribution in [0.1, 0.15) is 34.6 Å². The van der Waals surface area contributed by atoms with Gasteiger partial charge in [-0.15, -0.1) is 24.8 Å². The molecule has 3 heterocycles. The molecule has 27 heavy (non-hydrogen) atoms. The van der Waals surface area contributed by atoms with E-state index in [1.165, 1.54) is 5.56 Å². The molecular weight excluding hydrogens is 385 g/mol. The van der Waals surface area contributed by atoms with Crippen molar-refractivity contribution in [2.45, 2.75) is 19.4 Å². The number of hydrogen-bond donors (Lipinski definition) is 1. The van der Waals surface area contributed by atoms with Crippen LogP contribution < -0.4 is 5.32 Å². The number of aromatic nitrogens is 3. The Labute approximate surface area is 170 Å². The van der Waals surface area contributed by atoms with Crippen LogP contribution in [0.3, 0.4) is 0 Å². The molecular formula is C19H23Cl2N5O. The summed E-state index contributed by atoms with van der Waals surface area (Å²) in [5.41, 5.74) is 3.46. The number of benzene rings is 1. The molecule has 1 aromatic carbocycles. The molecule has 0 aliphatic carbocycles. The van der Waals surface area contributed by atoms with Crippen LogP contribution in [0.25, 0.3) is 5.65 Å². The number of hydrogen-bond acceptors (Lipinski definition) is 4. The highest BCUT2D eigenvalue weighted by atomic mass is 35.5. The molecule has 0 radical (unpaired) electrons. The molecule has 3 aromatic rings. The van der Waals surface area contributed by atoms with E-state index < -0.39 is 0 Å². The van der Waals surface area contributed by atoms with Gasteiger partial charge in [0, 0.05) is 44.4 Å². The number of aryl methyl sites for hydroxylation is 1.